The first-order valence-corrected chi connectivity index (χ1v) is 3.35. The van der Waals surface area contributed by atoms with Gasteiger partial charge in [-0.05, 0) is 6.92 Å². The van der Waals surface area contributed by atoms with Gasteiger partial charge in [0, 0.05) is 0 Å². The summed E-state index contributed by atoms with van der Waals surface area (Å²) in [7, 11) is 0. The average molecular weight is 191 g/mol. The van der Waals surface area contributed by atoms with Crippen LogP contribution in [-0.4, -0.2) is 16.4 Å². The minimum atomic E-state index is -1.93. The number of rotatable bonds is 1. The van der Waals surface area contributed by atoms with Crippen molar-refractivity contribution in [3.8, 4) is 0 Å². The van der Waals surface area contributed by atoms with Gasteiger partial charge >= 0.3 is 5.97 Å². The lowest BCUT2D eigenvalue weighted by atomic mass is 10.7. The van der Waals surface area contributed by atoms with Crippen LogP contribution in [0.2, 0.25) is 0 Å². The molecule has 0 aliphatic carbocycles. The quantitative estimate of drug-likeness (QED) is 0.468. The second-order valence-electron chi connectivity index (χ2n) is 1.22. The molecule has 0 rings (SSSR count). The first-order valence-electron chi connectivity index (χ1n) is 2.22. The molecule has 0 unspecified atom stereocenters. The van der Waals surface area contributed by atoms with Gasteiger partial charge in [-0.3, -0.25) is 0 Å². The smallest absolute Gasteiger partial charge is 0.358 e. The molecule has 0 aromatic heterocycles. The monoisotopic (exact) mass is 190 g/mol. The van der Waals surface area contributed by atoms with E-state index in [2.05, 4.69) is 4.74 Å². The highest BCUT2D eigenvalue weighted by Gasteiger charge is 2.31. The van der Waals surface area contributed by atoms with Crippen LogP contribution in [0.15, 0.2) is 0 Å². The Morgan fingerprint density at radius 2 is 2.00 bits per heavy atom. The summed E-state index contributed by atoms with van der Waals surface area (Å²) in [6.07, 6.45) is 0. The van der Waals surface area contributed by atoms with E-state index in [4.69, 9.17) is 34.8 Å². The largest absolute Gasteiger partial charge is 0.463 e. The molecule has 0 heterocycles. The van der Waals surface area contributed by atoms with Gasteiger partial charge in [-0.2, -0.15) is 0 Å². The van der Waals surface area contributed by atoms with Gasteiger partial charge in [0.25, 0.3) is 3.79 Å². The molecule has 0 aromatic rings. The number of ether oxygens (including phenoxy) is 1. The first kappa shape index (κ1) is 9.34. The Labute approximate surface area is 68.0 Å². The molecule has 0 amide bonds. The molecule has 2 nitrogen and oxygen atoms in total. The van der Waals surface area contributed by atoms with Crippen molar-refractivity contribution in [3.05, 3.63) is 0 Å². The van der Waals surface area contributed by atoms with E-state index in [-0.39, 0.29) is 6.61 Å². The molecule has 54 valence electrons. The van der Waals surface area contributed by atoms with Crippen molar-refractivity contribution >= 4 is 40.8 Å². The highest BCUT2D eigenvalue weighted by atomic mass is 35.6. The predicted octanol–water partition coefficient (Wildman–Crippen LogP) is 1.92. The predicted molar refractivity (Wildman–Crippen MR) is 36.9 cm³/mol. The molecule has 0 N–H and O–H groups in total. The lowest BCUT2D eigenvalue weighted by Crippen LogP contribution is -2.21. The van der Waals surface area contributed by atoms with E-state index in [1.165, 1.54) is 0 Å². The van der Waals surface area contributed by atoms with Gasteiger partial charge in [0.1, 0.15) is 0 Å². The zero-order chi connectivity index (χ0) is 7.49. The molecule has 0 aliphatic rings. The fraction of sp³-hybridized carbons (Fsp3) is 0.750. The second kappa shape index (κ2) is 3.49. The molecule has 9 heavy (non-hydrogen) atoms. The molecular weight excluding hydrogens is 186 g/mol. The summed E-state index contributed by atoms with van der Waals surface area (Å²) in [6.45, 7) is 1.85. The summed E-state index contributed by atoms with van der Waals surface area (Å²) in [6, 6.07) is 0. The number of carbonyl (C=O) groups excluding carboxylic acids is 1. The Bertz CT molecular complexity index is 107. The van der Waals surface area contributed by atoms with Gasteiger partial charge in [0.15, 0.2) is 0 Å². The van der Waals surface area contributed by atoms with Crippen LogP contribution in [0.4, 0.5) is 0 Å². The summed E-state index contributed by atoms with van der Waals surface area (Å²) >= 11 is 15.4. The zero-order valence-electron chi connectivity index (χ0n) is 4.66. The lowest BCUT2D eigenvalue weighted by molar-refractivity contribution is -0.141. The molecular formula is C4H5Cl3O2. The normalized spacial score (nSPS) is 11.1. The van der Waals surface area contributed by atoms with Crippen LogP contribution in [0.25, 0.3) is 0 Å². The standard InChI is InChI=1S/C4H5Cl3O2/c1-2-9-3(8)4(5,6)7/h2H2,1H3. The molecule has 0 fully saturated rings. The fourth-order valence-electron chi connectivity index (χ4n) is 0.213. The SMILES string of the molecule is CCOC(=O)C(Cl)(Cl)Cl. The van der Waals surface area contributed by atoms with Gasteiger partial charge < -0.3 is 4.74 Å². The summed E-state index contributed by atoms with van der Waals surface area (Å²) in [4.78, 5) is 10.4. The molecule has 0 aliphatic heterocycles. The number of carbonyl (C=O) groups is 1. The molecule has 0 saturated heterocycles. The molecule has 0 aromatic carbocycles. The van der Waals surface area contributed by atoms with Crippen LogP contribution in [0, 0.1) is 0 Å². The highest BCUT2D eigenvalue weighted by Crippen LogP contribution is 2.27. The van der Waals surface area contributed by atoms with Crippen LogP contribution < -0.4 is 0 Å². The van der Waals surface area contributed by atoms with Crippen molar-refractivity contribution in [2.75, 3.05) is 6.61 Å². The van der Waals surface area contributed by atoms with Gasteiger partial charge in [-0.15, -0.1) is 0 Å². The summed E-state index contributed by atoms with van der Waals surface area (Å²) < 4.78 is 2.44. The van der Waals surface area contributed by atoms with E-state index >= 15 is 0 Å². The lowest BCUT2D eigenvalue weighted by Gasteiger charge is -2.07. The third kappa shape index (κ3) is 3.84. The third-order valence-electron chi connectivity index (χ3n) is 0.507. The van der Waals surface area contributed by atoms with Gasteiger partial charge in [-0.25, -0.2) is 4.79 Å². The average Bonchev–Trinajstić information content (AvgIpc) is 1.64. The maximum Gasteiger partial charge on any atom is 0.358 e. The maximum absolute atomic E-state index is 10.4. The Hall–Kier alpha value is 0.340. The number of hydrogen-bond donors (Lipinski definition) is 0. The van der Waals surface area contributed by atoms with E-state index in [0.29, 0.717) is 0 Å². The maximum atomic E-state index is 10.4. The van der Waals surface area contributed by atoms with Crippen LogP contribution in [0.3, 0.4) is 0 Å². The Balaban J connectivity index is 3.74. The Morgan fingerprint density at radius 3 is 2.11 bits per heavy atom. The van der Waals surface area contributed by atoms with Crippen molar-refractivity contribution < 1.29 is 9.53 Å². The van der Waals surface area contributed by atoms with Crippen LogP contribution in [0.5, 0.6) is 0 Å². The number of halogens is 3. The molecule has 0 bridgehead atoms. The highest BCUT2D eigenvalue weighted by molar-refractivity contribution is 6.75. The van der Waals surface area contributed by atoms with Gasteiger partial charge in [-0.1, -0.05) is 34.8 Å². The van der Waals surface area contributed by atoms with Crippen LogP contribution >= 0.6 is 34.8 Å². The number of hydrogen-bond acceptors (Lipinski definition) is 2. The van der Waals surface area contributed by atoms with Gasteiger partial charge in [0.2, 0.25) is 0 Å². The van der Waals surface area contributed by atoms with Crippen molar-refractivity contribution in [2.45, 2.75) is 10.7 Å². The second-order valence-corrected chi connectivity index (χ2v) is 3.50. The first-order chi connectivity index (χ1) is 3.98. The summed E-state index contributed by atoms with van der Waals surface area (Å²) in [5.41, 5.74) is 0. The van der Waals surface area contributed by atoms with Crippen LogP contribution in [-0.2, 0) is 9.53 Å². The number of esters is 1. The van der Waals surface area contributed by atoms with Gasteiger partial charge in [0.05, 0.1) is 6.61 Å². The fourth-order valence-corrected chi connectivity index (χ4v) is 0.377. The van der Waals surface area contributed by atoms with Crippen molar-refractivity contribution in [3.63, 3.8) is 0 Å². The Kier molecular flexibility index (Phi) is 3.63. The van der Waals surface area contributed by atoms with Crippen molar-refractivity contribution in [1.82, 2.24) is 0 Å². The van der Waals surface area contributed by atoms with E-state index in [0.717, 1.165) is 0 Å². The molecule has 0 atom stereocenters. The Morgan fingerprint density at radius 1 is 1.56 bits per heavy atom. The minimum absolute atomic E-state index is 0.215. The van der Waals surface area contributed by atoms with E-state index < -0.39 is 9.76 Å². The molecule has 0 saturated carbocycles. The minimum Gasteiger partial charge on any atom is -0.463 e. The van der Waals surface area contributed by atoms with E-state index in [9.17, 15) is 4.79 Å². The van der Waals surface area contributed by atoms with E-state index in [1.54, 1.807) is 6.92 Å². The topological polar surface area (TPSA) is 26.3 Å². The molecule has 0 radical (unpaired) electrons. The zero-order valence-corrected chi connectivity index (χ0v) is 6.93. The van der Waals surface area contributed by atoms with Crippen molar-refractivity contribution in [2.24, 2.45) is 0 Å². The third-order valence-corrected chi connectivity index (χ3v) is 0.970. The summed E-state index contributed by atoms with van der Waals surface area (Å²) in [5.74, 6) is -0.838. The molecule has 0 spiro atoms. The summed E-state index contributed by atoms with van der Waals surface area (Å²) in [5, 5.41) is 0. The van der Waals surface area contributed by atoms with Crippen LogP contribution in [0.1, 0.15) is 6.92 Å². The number of alkyl halides is 3. The van der Waals surface area contributed by atoms with E-state index in [1.807, 2.05) is 0 Å². The van der Waals surface area contributed by atoms with Crippen molar-refractivity contribution in [1.29, 1.82) is 0 Å². The molecule has 5 heteroatoms.